The van der Waals surface area contributed by atoms with Crippen LogP contribution in [0.4, 0.5) is 0 Å². The fourth-order valence-corrected chi connectivity index (χ4v) is 2.00. The number of thioether (sulfide) groups is 1. The molecule has 72 valence electrons. The summed E-state index contributed by atoms with van der Waals surface area (Å²) in [6.07, 6.45) is 0. The number of hydrogen-bond acceptors (Lipinski definition) is 2. The molecule has 0 aliphatic carbocycles. The maximum absolute atomic E-state index is 5.55. The van der Waals surface area contributed by atoms with Gasteiger partial charge in [-0.3, -0.25) is 0 Å². The van der Waals surface area contributed by atoms with Crippen molar-refractivity contribution in [3.63, 3.8) is 0 Å². The predicted molar refractivity (Wildman–Crippen MR) is 61.0 cm³/mol. The van der Waals surface area contributed by atoms with E-state index < -0.39 is 0 Å². The van der Waals surface area contributed by atoms with E-state index in [0.29, 0.717) is 5.25 Å². The van der Waals surface area contributed by atoms with E-state index in [-0.39, 0.29) is 0 Å². The number of aryl methyl sites for hydroxylation is 1. The quantitative estimate of drug-likeness (QED) is 0.799. The van der Waals surface area contributed by atoms with Crippen LogP contribution in [0.25, 0.3) is 0 Å². The first kappa shape index (κ1) is 10.6. The van der Waals surface area contributed by atoms with Crippen LogP contribution < -0.4 is 5.73 Å². The summed E-state index contributed by atoms with van der Waals surface area (Å²) < 4.78 is 0. The number of rotatable bonds is 4. The highest BCUT2D eigenvalue weighted by atomic mass is 32.2. The number of nitrogens with two attached hydrogens (primary N) is 1. The molecule has 0 bridgehead atoms. The van der Waals surface area contributed by atoms with Crippen molar-refractivity contribution < 1.29 is 0 Å². The van der Waals surface area contributed by atoms with Gasteiger partial charge in [-0.2, -0.15) is 11.8 Å². The predicted octanol–water partition coefficient (Wildman–Crippen LogP) is 2.58. The van der Waals surface area contributed by atoms with Gasteiger partial charge in [0.25, 0.3) is 0 Å². The Morgan fingerprint density at radius 2 is 2.08 bits per heavy atom. The molecule has 1 aromatic rings. The lowest BCUT2D eigenvalue weighted by Crippen LogP contribution is -2.12. The molecule has 2 heteroatoms. The van der Waals surface area contributed by atoms with Crippen molar-refractivity contribution in [2.45, 2.75) is 24.9 Å². The van der Waals surface area contributed by atoms with Gasteiger partial charge in [-0.1, -0.05) is 31.2 Å². The molecule has 0 fully saturated rings. The first-order valence-electron chi connectivity index (χ1n) is 4.60. The smallest absolute Gasteiger partial charge is 0.0190 e. The van der Waals surface area contributed by atoms with Crippen molar-refractivity contribution >= 4 is 11.8 Å². The summed E-state index contributed by atoms with van der Waals surface area (Å²) >= 11 is 1.92. The van der Waals surface area contributed by atoms with Crippen LogP contribution in [0.2, 0.25) is 0 Å². The second kappa shape index (κ2) is 5.30. The molecule has 0 amide bonds. The topological polar surface area (TPSA) is 26.0 Å². The molecule has 1 aromatic carbocycles. The number of benzene rings is 1. The van der Waals surface area contributed by atoms with Gasteiger partial charge in [0.1, 0.15) is 0 Å². The maximum atomic E-state index is 5.55. The molecule has 1 rings (SSSR count). The fraction of sp³-hybridized carbons (Fsp3) is 0.455. The summed E-state index contributed by atoms with van der Waals surface area (Å²) in [7, 11) is 0. The highest BCUT2D eigenvalue weighted by Gasteiger charge is 2.01. The fourth-order valence-electron chi connectivity index (χ4n) is 1.07. The normalized spacial score (nSPS) is 12.8. The molecule has 0 aromatic heterocycles. The molecule has 0 spiro atoms. The van der Waals surface area contributed by atoms with E-state index in [1.807, 2.05) is 11.8 Å². The van der Waals surface area contributed by atoms with E-state index in [0.717, 1.165) is 12.3 Å². The maximum Gasteiger partial charge on any atom is 0.0190 e. The van der Waals surface area contributed by atoms with Gasteiger partial charge >= 0.3 is 0 Å². The summed E-state index contributed by atoms with van der Waals surface area (Å²) in [5, 5.41) is 0.555. The molecule has 0 saturated carbocycles. The molecular weight excluding hydrogens is 178 g/mol. The van der Waals surface area contributed by atoms with Crippen LogP contribution >= 0.6 is 11.8 Å². The zero-order chi connectivity index (χ0) is 9.68. The third-order valence-electron chi connectivity index (χ3n) is 2.12. The minimum Gasteiger partial charge on any atom is -0.329 e. The van der Waals surface area contributed by atoms with E-state index in [4.69, 9.17) is 5.73 Å². The molecule has 0 aliphatic rings. The first-order valence-corrected chi connectivity index (χ1v) is 5.65. The lowest BCUT2D eigenvalue weighted by atomic mass is 10.1. The lowest BCUT2D eigenvalue weighted by molar-refractivity contribution is 0.950. The monoisotopic (exact) mass is 195 g/mol. The van der Waals surface area contributed by atoms with Crippen molar-refractivity contribution in [3.05, 3.63) is 35.4 Å². The van der Waals surface area contributed by atoms with Crippen LogP contribution in [0.15, 0.2) is 24.3 Å². The third-order valence-corrected chi connectivity index (χ3v) is 3.36. The molecule has 0 saturated heterocycles. The van der Waals surface area contributed by atoms with Gasteiger partial charge in [0.05, 0.1) is 0 Å². The Balaban J connectivity index is 2.50. The minimum atomic E-state index is 0.555. The van der Waals surface area contributed by atoms with Gasteiger partial charge in [0, 0.05) is 17.5 Å². The second-order valence-corrected chi connectivity index (χ2v) is 4.71. The van der Waals surface area contributed by atoms with E-state index in [1.54, 1.807) is 0 Å². The number of hydrogen-bond donors (Lipinski definition) is 1. The average molecular weight is 195 g/mol. The molecular formula is C11H17NS. The van der Waals surface area contributed by atoms with Crippen LogP contribution in [0.3, 0.4) is 0 Å². The summed E-state index contributed by atoms with van der Waals surface area (Å²) in [5.74, 6) is 1.07. The first-order chi connectivity index (χ1) is 6.24. The van der Waals surface area contributed by atoms with E-state index in [9.17, 15) is 0 Å². The van der Waals surface area contributed by atoms with E-state index in [1.165, 1.54) is 11.1 Å². The molecule has 13 heavy (non-hydrogen) atoms. The van der Waals surface area contributed by atoms with Crippen molar-refractivity contribution in [1.29, 1.82) is 0 Å². The Bertz CT molecular complexity index is 260. The van der Waals surface area contributed by atoms with Crippen LogP contribution in [0.5, 0.6) is 0 Å². The largest absolute Gasteiger partial charge is 0.329 e. The van der Waals surface area contributed by atoms with Crippen LogP contribution in [-0.4, -0.2) is 11.8 Å². The van der Waals surface area contributed by atoms with Crippen molar-refractivity contribution in [2.75, 3.05) is 6.54 Å². The Labute approximate surface area is 84.7 Å². The second-order valence-electron chi connectivity index (χ2n) is 3.28. The van der Waals surface area contributed by atoms with Crippen molar-refractivity contribution in [2.24, 2.45) is 5.73 Å². The van der Waals surface area contributed by atoms with E-state index in [2.05, 4.69) is 38.1 Å². The lowest BCUT2D eigenvalue weighted by Gasteiger charge is -2.09. The summed E-state index contributed by atoms with van der Waals surface area (Å²) in [4.78, 5) is 0. The standard InChI is InChI=1S/C11H17NS/c1-9-5-3-4-6-11(9)8-13-10(2)7-12/h3-6,10H,7-8,12H2,1-2H3. The highest BCUT2D eigenvalue weighted by Crippen LogP contribution is 2.19. The Morgan fingerprint density at radius 3 is 2.69 bits per heavy atom. The Hall–Kier alpha value is -0.470. The Morgan fingerprint density at radius 1 is 1.38 bits per heavy atom. The van der Waals surface area contributed by atoms with Crippen molar-refractivity contribution in [3.8, 4) is 0 Å². The SMILES string of the molecule is Cc1ccccc1CSC(C)CN. The average Bonchev–Trinajstić information content (AvgIpc) is 2.16. The van der Waals surface area contributed by atoms with Gasteiger partial charge in [-0.05, 0) is 18.1 Å². The van der Waals surface area contributed by atoms with E-state index >= 15 is 0 Å². The van der Waals surface area contributed by atoms with Gasteiger partial charge in [0.2, 0.25) is 0 Å². The summed E-state index contributed by atoms with van der Waals surface area (Å²) in [6.45, 7) is 5.09. The molecule has 1 atom stereocenters. The van der Waals surface area contributed by atoms with Gasteiger partial charge < -0.3 is 5.73 Å². The van der Waals surface area contributed by atoms with Crippen molar-refractivity contribution in [1.82, 2.24) is 0 Å². The van der Waals surface area contributed by atoms with Gasteiger partial charge in [-0.15, -0.1) is 0 Å². The van der Waals surface area contributed by atoms with Crippen LogP contribution in [-0.2, 0) is 5.75 Å². The van der Waals surface area contributed by atoms with Crippen LogP contribution in [0.1, 0.15) is 18.1 Å². The third kappa shape index (κ3) is 3.41. The molecule has 2 N–H and O–H groups in total. The van der Waals surface area contributed by atoms with Gasteiger partial charge in [-0.25, -0.2) is 0 Å². The van der Waals surface area contributed by atoms with Gasteiger partial charge in [0.15, 0.2) is 0 Å². The molecule has 1 unspecified atom stereocenters. The summed E-state index contributed by atoms with van der Waals surface area (Å²) in [6, 6.07) is 8.51. The highest BCUT2D eigenvalue weighted by molar-refractivity contribution is 7.99. The Kier molecular flexibility index (Phi) is 4.33. The zero-order valence-corrected chi connectivity index (χ0v) is 9.10. The summed E-state index contributed by atoms with van der Waals surface area (Å²) in [5.41, 5.74) is 8.35. The zero-order valence-electron chi connectivity index (χ0n) is 8.29. The molecule has 0 radical (unpaired) electrons. The minimum absolute atomic E-state index is 0.555. The molecule has 1 nitrogen and oxygen atoms in total. The van der Waals surface area contributed by atoms with Crippen LogP contribution in [0, 0.1) is 6.92 Å². The molecule has 0 aliphatic heterocycles. The molecule has 0 heterocycles.